The van der Waals surface area contributed by atoms with Crippen molar-refractivity contribution in [3.05, 3.63) is 46.2 Å². The first kappa shape index (κ1) is 16.9. The third-order valence-electron chi connectivity index (χ3n) is 4.31. The lowest BCUT2D eigenvalue weighted by molar-refractivity contribution is -0.155. The lowest BCUT2D eigenvalue weighted by atomic mass is 10.1. The molecule has 0 radical (unpaired) electrons. The Labute approximate surface area is 154 Å². The number of ether oxygens (including phenoxy) is 3. The smallest absolute Gasteiger partial charge is 0.249 e. The number of hydrogen-bond donors (Lipinski definition) is 1. The van der Waals surface area contributed by atoms with Gasteiger partial charge >= 0.3 is 0 Å². The number of rotatable bonds is 5. The summed E-state index contributed by atoms with van der Waals surface area (Å²) in [5.41, 5.74) is 0.899. The van der Waals surface area contributed by atoms with Gasteiger partial charge in [0, 0.05) is 11.4 Å². The normalized spacial score (nSPS) is 18.8. The largest absolute Gasteiger partial charge is 0.454 e. The van der Waals surface area contributed by atoms with Crippen molar-refractivity contribution in [1.29, 1.82) is 0 Å². The van der Waals surface area contributed by atoms with Crippen molar-refractivity contribution in [3.8, 4) is 11.5 Å². The van der Waals surface area contributed by atoms with E-state index in [0.717, 1.165) is 10.4 Å². The Bertz CT molecular complexity index is 808. The highest BCUT2D eigenvalue weighted by Crippen LogP contribution is 2.32. The molecule has 3 heterocycles. The van der Waals surface area contributed by atoms with E-state index in [-0.39, 0.29) is 31.8 Å². The lowest BCUT2D eigenvalue weighted by Gasteiger charge is -2.34. The zero-order valence-electron chi connectivity index (χ0n) is 14.0. The Balaban J connectivity index is 1.41. The minimum absolute atomic E-state index is 0.0112. The van der Waals surface area contributed by atoms with E-state index in [0.29, 0.717) is 24.6 Å². The highest BCUT2D eigenvalue weighted by molar-refractivity contribution is 7.09. The molecule has 136 valence electrons. The minimum atomic E-state index is -0.632. The van der Waals surface area contributed by atoms with Crippen LogP contribution in [0.4, 0.5) is 0 Å². The Morgan fingerprint density at radius 1 is 1.27 bits per heavy atom. The van der Waals surface area contributed by atoms with Crippen LogP contribution in [0.25, 0.3) is 0 Å². The summed E-state index contributed by atoms with van der Waals surface area (Å²) >= 11 is 1.56. The predicted molar refractivity (Wildman–Crippen MR) is 93.9 cm³/mol. The van der Waals surface area contributed by atoms with Crippen molar-refractivity contribution in [2.45, 2.75) is 19.1 Å². The summed E-state index contributed by atoms with van der Waals surface area (Å²) in [6.45, 7) is 1.18. The fourth-order valence-corrected chi connectivity index (χ4v) is 3.65. The van der Waals surface area contributed by atoms with Crippen molar-refractivity contribution in [3.63, 3.8) is 0 Å². The molecular weight excluding hydrogens is 356 g/mol. The monoisotopic (exact) mass is 374 g/mol. The highest BCUT2D eigenvalue weighted by atomic mass is 32.1. The number of hydrogen-bond acceptors (Lipinski definition) is 6. The molecule has 0 aliphatic carbocycles. The predicted octanol–water partition coefficient (Wildman–Crippen LogP) is 1.52. The van der Waals surface area contributed by atoms with E-state index >= 15 is 0 Å². The van der Waals surface area contributed by atoms with E-state index < -0.39 is 6.04 Å². The molecule has 2 aromatic rings. The van der Waals surface area contributed by atoms with Crippen LogP contribution in [0.15, 0.2) is 35.7 Å². The Hall–Kier alpha value is -2.58. The molecule has 1 aromatic carbocycles. The van der Waals surface area contributed by atoms with Crippen molar-refractivity contribution in [2.24, 2.45) is 0 Å². The van der Waals surface area contributed by atoms with Crippen LogP contribution in [-0.2, 0) is 27.4 Å². The number of carbonyl (C=O) groups excluding carboxylic acids is 2. The van der Waals surface area contributed by atoms with Crippen LogP contribution in [-0.4, -0.2) is 42.8 Å². The molecule has 8 heteroatoms. The fourth-order valence-electron chi connectivity index (χ4n) is 2.95. The maximum Gasteiger partial charge on any atom is 0.249 e. The summed E-state index contributed by atoms with van der Waals surface area (Å²) in [6.07, 6.45) is 0. The van der Waals surface area contributed by atoms with Gasteiger partial charge in [0.2, 0.25) is 18.6 Å². The van der Waals surface area contributed by atoms with Crippen molar-refractivity contribution < 1.29 is 23.8 Å². The summed E-state index contributed by atoms with van der Waals surface area (Å²) in [6, 6.07) is 8.79. The van der Waals surface area contributed by atoms with E-state index in [9.17, 15) is 9.59 Å². The van der Waals surface area contributed by atoms with Crippen molar-refractivity contribution in [1.82, 2.24) is 10.2 Å². The number of morpholine rings is 1. The molecule has 2 aliphatic rings. The van der Waals surface area contributed by atoms with Crippen LogP contribution in [0.2, 0.25) is 0 Å². The maximum absolute atomic E-state index is 12.7. The number of benzene rings is 1. The van der Waals surface area contributed by atoms with Gasteiger partial charge in [-0.25, -0.2) is 0 Å². The minimum Gasteiger partial charge on any atom is -0.454 e. The summed E-state index contributed by atoms with van der Waals surface area (Å²) in [7, 11) is 0. The molecule has 26 heavy (non-hydrogen) atoms. The molecular formula is C18H18N2O5S. The fraction of sp³-hybridized carbons (Fsp3) is 0.333. The summed E-state index contributed by atoms with van der Waals surface area (Å²) in [4.78, 5) is 27.5. The van der Waals surface area contributed by atoms with E-state index in [4.69, 9.17) is 14.2 Å². The van der Waals surface area contributed by atoms with Crippen molar-refractivity contribution >= 4 is 23.2 Å². The Kier molecular flexibility index (Phi) is 4.77. The molecule has 2 amide bonds. The van der Waals surface area contributed by atoms with Gasteiger partial charge in [-0.1, -0.05) is 12.1 Å². The van der Waals surface area contributed by atoms with E-state index in [1.807, 2.05) is 35.7 Å². The van der Waals surface area contributed by atoms with Gasteiger partial charge in [-0.15, -0.1) is 11.3 Å². The quantitative estimate of drug-likeness (QED) is 0.859. The second kappa shape index (κ2) is 7.35. The molecule has 7 nitrogen and oxygen atoms in total. The molecule has 1 saturated heterocycles. The van der Waals surface area contributed by atoms with Gasteiger partial charge in [0.15, 0.2) is 11.5 Å². The van der Waals surface area contributed by atoms with Gasteiger partial charge in [-0.3, -0.25) is 9.59 Å². The zero-order valence-corrected chi connectivity index (χ0v) is 14.8. The molecule has 1 unspecified atom stereocenters. The highest BCUT2D eigenvalue weighted by Gasteiger charge is 2.34. The molecule has 1 N–H and O–H groups in total. The molecule has 2 aliphatic heterocycles. The van der Waals surface area contributed by atoms with Gasteiger partial charge in [0.05, 0.1) is 13.2 Å². The number of fused-ring (bicyclic) bond motifs is 1. The SMILES string of the molecule is O=C(NCc1ccc2c(c1)OCO2)C1COCC(=O)N1Cc1cccs1. The molecule has 0 spiro atoms. The van der Waals surface area contributed by atoms with Gasteiger partial charge < -0.3 is 24.4 Å². The molecule has 0 bridgehead atoms. The van der Waals surface area contributed by atoms with Gasteiger partial charge in [-0.05, 0) is 29.1 Å². The number of thiophene rings is 1. The Morgan fingerprint density at radius 2 is 2.15 bits per heavy atom. The first-order valence-electron chi connectivity index (χ1n) is 8.26. The summed E-state index contributed by atoms with van der Waals surface area (Å²) in [5.74, 6) is 0.973. The molecule has 4 rings (SSSR count). The van der Waals surface area contributed by atoms with Crippen LogP contribution in [0.3, 0.4) is 0 Å². The standard InChI is InChI=1S/C18H18N2O5S/c21-17-10-23-9-14(20(17)8-13-2-1-5-26-13)18(22)19-7-12-3-4-15-16(6-12)25-11-24-15/h1-6,14H,7-11H2,(H,19,22). The molecule has 0 saturated carbocycles. The van der Waals surface area contributed by atoms with E-state index in [1.54, 1.807) is 16.2 Å². The number of nitrogens with zero attached hydrogens (tertiary/aromatic N) is 1. The van der Waals surface area contributed by atoms with Gasteiger partial charge in [0.1, 0.15) is 12.6 Å². The number of carbonyl (C=O) groups is 2. The topological polar surface area (TPSA) is 77.1 Å². The Morgan fingerprint density at radius 3 is 3.00 bits per heavy atom. The van der Waals surface area contributed by atoms with E-state index in [1.165, 1.54) is 0 Å². The number of nitrogens with one attached hydrogen (secondary N) is 1. The van der Waals surface area contributed by atoms with E-state index in [2.05, 4.69) is 5.32 Å². The second-order valence-corrected chi connectivity index (χ2v) is 7.07. The van der Waals surface area contributed by atoms with Gasteiger partial charge in [-0.2, -0.15) is 0 Å². The van der Waals surface area contributed by atoms with Crippen molar-refractivity contribution in [2.75, 3.05) is 20.0 Å². The maximum atomic E-state index is 12.7. The molecule has 1 atom stereocenters. The van der Waals surface area contributed by atoms with Crippen LogP contribution in [0, 0.1) is 0 Å². The second-order valence-electron chi connectivity index (χ2n) is 6.04. The van der Waals surface area contributed by atoms with Gasteiger partial charge in [0.25, 0.3) is 0 Å². The first-order chi connectivity index (χ1) is 12.7. The third-order valence-corrected chi connectivity index (χ3v) is 5.17. The van der Waals surface area contributed by atoms with Crippen LogP contribution in [0.5, 0.6) is 11.5 Å². The first-order valence-corrected chi connectivity index (χ1v) is 9.14. The van der Waals surface area contributed by atoms with Crippen LogP contribution in [0.1, 0.15) is 10.4 Å². The van der Waals surface area contributed by atoms with Crippen LogP contribution < -0.4 is 14.8 Å². The molecule has 1 aromatic heterocycles. The zero-order chi connectivity index (χ0) is 17.9. The average molecular weight is 374 g/mol. The summed E-state index contributed by atoms with van der Waals surface area (Å²) < 4.78 is 15.9. The third kappa shape index (κ3) is 3.51. The average Bonchev–Trinajstić information content (AvgIpc) is 3.32. The summed E-state index contributed by atoms with van der Waals surface area (Å²) in [5, 5.41) is 4.84. The molecule has 1 fully saturated rings. The van der Waals surface area contributed by atoms with Crippen LogP contribution >= 0.6 is 11.3 Å². The number of amides is 2. The lowest BCUT2D eigenvalue weighted by Crippen LogP contribution is -2.55.